The molecule has 0 bridgehead atoms. The van der Waals surface area contributed by atoms with Crippen molar-refractivity contribution in [2.24, 2.45) is 0 Å². The molecular formula is C22H20INO5S. The van der Waals surface area contributed by atoms with E-state index >= 15 is 0 Å². The van der Waals surface area contributed by atoms with Crippen LogP contribution in [0.25, 0.3) is 6.08 Å². The molecule has 1 saturated heterocycles. The molecule has 156 valence electrons. The van der Waals surface area contributed by atoms with E-state index in [1.165, 1.54) is 0 Å². The van der Waals surface area contributed by atoms with Gasteiger partial charge < -0.3 is 9.47 Å². The Morgan fingerprint density at radius 1 is 1.13 bits per heavy atom. The topological polar surface area (TPSA) is 72.9 Å². The quantitative estimate of drug-likeness (QED) is 0.286. The van der Waals surface area contributed by atoms with Gasteiger partial charge in [-0.1, -0.05) is 30.3 Å². The third-order valence-corrected chi connectivity index (χ3v) is 5.67. The Bertz CT molecular complexity index is 987. The summed E-state index contributed by atoms with van der Waals surface area (Å²) in [7, 11) is 0. The molecular weight excluding hydrogens is 517 g/mol. The van der Waals surface area contributed by atoms with Gasteiger partial charge in [0.05, 0.1) is 11.0 Å². The summed E-state index contributed by atoms with van der Waals surface area (Å²) in [6, 6.07) is 15.3. The maximum absolute atomic E-state index is 12.6. The number of para-hydroxylation sites is 1. The molecule has 2 aromatic rings. The zero-order valence-corrected chi connectivity index (χ0v) is 19.4. The Hall–Kier alpha value is -2.33. The first-order chi connectivity index (χ1) is 14.3. The minimum atomic E-state index is -0.616. The van der Waals surface area contributed by atoms with Gasteiger partial charge in [-0.3, -0.25) is 19.3 Å². The largest absolute Gasteiger partial charge is 0.488 e. The lowest BCUT2D eigenvalue weighted by Crippen LogP contribution is -2.35. The molecule has 0 saturated carbocycles. The number of rotatable bonds is 7. The zero-order chi connectivity index (χ0) is 21.7. The highest BCUT2D eigenvalue weighted by molar-refractivity contribution is 14.1. The number of carbonyl (C=O) groups excluding carboxylic acids is 3. The van der Waals surface area contributed by atoms with Gasteiger partial charge in [0, 0.05) is 9.13 Å². The van der Waals surface area contributed by atoms with E-state index < -0.39 is 23.7 Å². The van der Waals surface area contributed by atoms with E-state index in [0.29, 0.717) is 17.9 Å². The third kappa shape index (κ3) is 5.85. The van der Waals surface area contributed by atoms with Crippen LogP contribution >= 0.6 is 34.4 Å². The molecule has 2 aromatic carbocycles. The number of amides is 2. The van der Waals surface area contributed by atoms with Crippen molar-refractivity contribution >= 4 is 57.5 Å². The van der Waals surface area contributed by atoms with Crippen molar-refractivity contribution in [3.8, 4) is 5.75 Å². The van der Waals surface area contributed by atoms with E-state index in [2.05, 4.69) is 22.6 Å². The fraction of sp³-hybridized carbons (Fsp3) is 0.227. The third-order valence-electron chi connectivity index (χ3n) is 4.04. The number of halogens is 1. The number of benzene rings is 2. The summed E-state index contributed by atoms with van der Waals surface area (Å²) in [4.78, 5) is 37.8. The molecule has 0 aromatic heterocycles. The van der Waals surface area contributed by atoms with Gasteiger partial charge in [-0.25, -0.2) is 0 Å². The smallest absolute Gasteiger partial charge is 0.326 e. The number of hydrogen-bond donors (Lipinski definition) is 0. The van der Waals surface area contributed by atoms with Crippen molar-refractivity contribution < 1.29 is 23.9 Å². The van der Waals surface area contributed by atoms with Crippen LogP contribution in [0.4, 0.5) is 4.79 Å². The molecule has 0 unspecified atom stereocenters. The number of thioether (sulfide) groups is 1. The summed E-state index contributed by atoms with van der Waals surface area (Å²) in [6.45, 7) is 3.40. The number of ether oxygens (including phenoxy) is 2. The van der Waals surface area contributed by atoms with Crippen LogP contribution in [-0.4, -0.2) is 34.7 Å². The summed E-state index contributed by atoms with van der Waals surface area (Å²) >= 11 is 3.04. The molecule has 6 nitrogen and oxygen atoms in total. The van der Waals surface area contributed by atoms with Gasteiger partial charge in [-0.2, -0.15) is 0 Å². The fourth-order valence-electron chi connectivity index (χ4n) is 2.68. The van der Waals surface area contributed by atoms with Gasteiger partial charge in [-0.15, -0.1) is 0 Å². The Morgan fingerprint density at radius 3 is 2.53 bits per heavy atom. The second-order valence-electron chi connectivity index (χ2n) is 6.76. The molecule has 0 atom stereocenters. The predicted octanol–water partition coefficient (Wildman–Crippen LogP) is 4.86. The highest BCUT2D eigenvalue weighted by Crippen LogP contribution is 2.34. The van der Waals surface area contributed by atoms with Gasteiger partial charge in [-0.05, 0) is 78.0 Å². The van der Waals surface area contributed by atoms with Crippen LogP contribution < -0.4 is 4.74 Å². The van der Waals surface area contributed by atoms with Crippen molar-refractivity contribution in [1.82, 2.24) is 4.90 Å². The molecule has 1 aliphatic heterocycles. The molecule has 8 heteroatoms. The second-order valence-corrected chi connectivity index (χ2v) is 9.00. The van der Waals surface area contributed by atoms with E-state index in [4.69, 9.17) is 9.47 Å². The Morgan fingerprint density at radius 2 is 1.83 bits per heavy atom. The van der Waals surface area contributed by atoms with Crippen LogP contribution in [0.2, 0.25) is 0 Å². The molecule has 1 fully saturated rings. The first-order valence-electron chi connectivity index (χ1n) is 9.24. The number of carbonyl (C=O) groups is 3. The number of nitrogens with zero attached hydrogens (tertiary/aromatic N) is 1. The van der Waals surface area contributed by atoms with E-state index in [1.54, 1.807) is 19.9 Å². The molecule has 0 aliphatic carbocycles. The van der Waals surface area contributed by atoms with Crippen LogP contribution in [0.1, 0.15) is 25.0 Å². The van der Waals surface area contributed by atoms with E-state index in [1.807, 2.05) is 48.5 Å². The highest BCUT2D eigenvalue weighted by atomic mass is 127. The van der Waals surface area contributed by atoms with Crippen molar-refractivity contribution in [1.29, 1.82) is 0 Å². The monoisotopic (exact) mass is 537 g/mol. The predicted molar refractivity (Wildman–Crippen MR) is 124 cm³/mol. The Balaban J connectivity index is 1.73. The van der Waals surface area contributed by atoms with Crippen LogP contribution in [-0.2, 0) is 20.9 Å². The molecule has 2 amide bonds. The van der Waals surface area contributed by atoms with Crippen LogP contribution in [0, 0.1) is 3.57 Å². The zero-order valence-electron chi connectivity index (χ0n) is 16.5. The molecule has 0 spiro atoms. The minimum Gasteiger partial charge on any atom is -0.488 e. The van der Waals surface area contributed by atoms with Crippen LogP contribution in [0.15, 0.2) is 53.4 Å². The summed E-state index contributed by atoms with van der Waals surface area (Å²) in [5.74, 6) is -0.532. The number of imide groups is 1. The lowest BCUT2D eigenvalue weighted by molar-refractivity contribution is -0.149. The summed E-state index contributed by atoms with van der Waals surface area (Å²) < 4.78 is 12.1. The molecule has 3 rings (SSSR count). The maximum atomic E-state index is 12.6. The highest BCUT2D eigenvalue weighted by Gasteiger charge is 2.37. The molecule has 1 heterocycles. The van der Waals surface area contributed by atoms with Crippen LogP contribution in [0.5, 0.6) is 5.75 Å². The SMILES string of the molecule is CC(C)OC(=O)CN1C(=O)S/C(=C/c2ccccc2OCc2ccc(I)cc2)C1=O. The lowest BCUT2D eigenvalue weighted by atomic mass is 10.1. The summed E-state index contributed by atoms with van der Waals surface area (Å²) in [5.41, 5.74) is 1.70. The normalized spacial score (nSPS) is 15.2. The maximum Gasteiger partial charge on any atom is 0.326 e. The average Bonchev–Trinajstić information content (AvgIpc) is 2.95. The Kier molecular flexibility index (Phi) is 7.54. The number of esters is 1. The first kappa shape index (κ1) is 22.4. The van der Waals surface area contributed by atoms with Gasteiger partial charge in [0.25, 0.3) is 11.1 Å². The summed E-state index contributed by atoms with van der Waals surface area (Å²) in [6.07, 6.45) is 1.30. The Labute approximate surface area is 192 Å². The first-order valence-corrected chi connectivity index (χ1v) is 11.1. The van der Waals surface area contributed by atoms with Crippen molar-refractivity contribution in [3.05, 3.63) is 68.1 Å². The molecule has 30 heavy (non-hydrogen) atoms. The minimum absolute atomic E-state index is 0.239. The van der Waals surface area contributed by atoms with Crippen molar-refractivity contribution in [2.75, 3.05) is 6.54 Å². The van der Waals surface area contributed by atoms with Crippen molar-refractivity contribution in [2.45, 2.75) is 26.6 Å². The molecule has 0 N–H and O–H groups in total. The number of hydrogen-bond acceptors (Lipinski definition) is 6. The van der Waals surface area contributed by atoms with Gasteiger partial charge in [0.2, 0.25) is 0 Å². The summed E-state index contributed by atoms with van der Waals surface area (Å²) in [5, 5.41) is -0.496. The second kappa shape index (κ2) is 10.1. The van der Waals surface area contributed by atoms with Crippen molar-refractivity contribution in [3.63, 3.8) is 0 Å². The van der Waals surface area contributed by atoms with Gasteiger partial charge in [0.1, 0.15) is 18.9 Å². The van der Waals surface area contributed by atoms with E-state index in [-0.39, 0.29) is 11.0 Å². The van der Waals surface area contributed by atoms with Gasteiger partial charge >= 0.3 is 5.97 Å². The standard InChI is InChI=1S/C22H20INO5S/c1-14(2)29-20(25)12-24-21(26)19(30-22(24)27)11-16-5-3-4-6-18(16)28-13-15-7-9-17(23)10-8-15/h3-11,14H,12-13H2,1-2H3/b19-11+. The van der Waals surface area contributed by atoms with Crippen LogP contribution in [0.3, 0.4) is 0 Å². The molecule has 1 aliphatic rings. The van der Waals surface area contributed by atoms with E-state index in [9.17, 15) is 14.4 Å². The van der Waals surface area contributed by atoms with Gasteiger partial charge in [0.15, 0.2) is 0 Å². The van der Waals surface area contributed by atoms with E-state index in [0.717, 1.165) is 25.8 Å². The fourth-order valence-corrected chi connectivity index (χ4v) is 3.87. The average molecular weight is 537 g/mol. The molecule has 0 radical (unpaired) electrons. The lowest BCUT2D eigenvalue weighted by Gasteiger charge is -2.13.